The Balaban J connectivity index is 1.37. The number of nitrogens with zero attached hydrogens (tertiary/aromatic N) is 5. The predicted molar refractivity (Wildman–Crippen MR) is 125 cm³/mol. The summed E-state index contributed by atoms with van der Waals surface area (Å²) in [7, 11) is 0. The van der Waals surface area contributed by atoms with Crippen LogP contribution in [0.4, 0.5) is 5.82 Å². The second-order valence-corrected chi connectivity index (χ2v) is 9.27. The van der Waals surface area contributed by atoms with Crippen molar-refractivity contribution in [3.8, 4) is 0 Å². The molecule has 1 saturated carbocycles. The number of hydrogen-bond donors (Lipinski definition) is 1. The van der Waals surface area contributed by atoms with E-state index in [1.165, 1.54) is 53.6 Å². The van der Waals surface area contributed by atoms with Gasteiger partial charge in [-0.25, -0.2) is 20.4 Å². The number of aliphatic imine (C=N–C) groups is 1. The monoisotopic (exact) mass is 414 g/mol. The van der Waals surface area contributed by atoms with Gasteiger partial charge in [0.2, 0.25) is 0 Å². The Morgan fingerprint density at radius 1 is 1.03 bits per heavy atom. The third kappa shape index (κ3) is 3.07. The molecule has 4 aliphatic rings. The first-order valence-electron chi connectivity index (χ1n) is 11.7. The van der Waals surface area contributed by atoms with Crippen LogP contribution in [0.15, 0.2) is 52.7 Å². The Morgan fingerprint density at radius 2 is 1.94 bits per heavy atom. The van der Waals surface area contributed by atoms with Crippen molar-refractivity contribution < 1.29 is 0 Å². The molecule has 4 heterocycles. The van der Waals surface area contributed by atoms with Crippen molar-refractivity contribution in [2.24, 2.45) is 4.99 Å². The molecule has 6 heteroatoms. The molecule has 6 rings (SSSR count). The quantitative estimate of drug-likeness (QED) is 0.776. The Kier molecular flexibility index (Phi) is 4.56. The zero-order valence-corrected chi connectivity index (χ0v) is 18.4. The van der Waals surface area contributed by atoms with Crippen LogP contribution in [0.5, 0.6) is 0 Å². The summed E-state index contributed by atoms with van der Waals surface area (Å²) in [6.07, 6.45) is 12.5. The standard InChI is InChI=1S/C25H30N6/c1-16-8-7-11-20-24(16)25(27-15-26-20)30-13-6-5-12-22(30)21-14-23-28-19-10-4-3-9-18(19)17(2)31(23)29-21/h7-8,11,14-15,21-22,29H,3-6,9-10,12-13H2,1-2H3/t21?,22-/m0/s1. The van der Waals surface area contributed by atoms with E-state index in [2.05, 4.69) is 58.4 Å². The van der Waals surface area contributed by atoms with Crippen molar-refractivity contribution in [2.75, 3.05) is 11.4 Å². The maximum Gasteiger partial charge on any atom is 0.145 e. The smallest absolute Gasteiger partial charge is 0.145 e. The van der Waals surface area contributed by atoms with Crippen LogP contribution in [-0.2, 0) is 0 Å². The maximum atomic E-state index is 5.06. The summed E-state index contributed by atoms with van der Waals surface area (Å²) in [5.74, 6) is 2.16. The Labute approximate surface area is 183 Å². The van der Waals surface area contributed by atoms with E-state index < -0.39 is 0 Å². The highest BCUT2D eigenvalue weighted by Crippen LogP contribution is 2.37. The van der Waals surface area contributed by atoms with E-state index in [0.717, 1.165) is 43.0 Å². The van der Waals surface area contributed by atoms with Gasteiger partial charge < -0.3 is 4.90 Å². The minimum atomic E-state index is 0.226. The first kappa shape index (κ1) is 19.0. The van der Waals surface area contributed by atoms with Crippen molar-refractivity contribution in [2.45, 2.75) is 70.9 Å². The summed E-state index contributed by atoms with van der Waals surface area (Å²) >= 11 is 0. The van der Waals surface area contributed by atoms with Crippen molar-refractivity contribution in [1.82, 2.24) is 20.4 Å². The summed E-state index contributed by atoms with van der Waals surface area (Å²) in [5, 5.41) is 3.43. The van der Waals surface area contributed by atoms with Gasteiger partial charge >= 0.3 is 0 Å². The number of aryl methyl sites for hydroxylation is 1. The molecule has 1 saturated heterocycles. The highest BCUT2D eigenvalue weighted by atomic mass is 15.6. The largest absolute Gasteiger partial charge is 0.351 e. The molecule has 1 aromatic carbocycles. The lowest BCUT2D eigenvalue weighted by Crippen LogP contribution is -2.53. The first-order valence-corrected chi connectivity index (χ1v) is 11.7. The highest BCUT2D eigenvalue weighted by molar-refractivity contribution is 6.02. The molecule has 6 nitrogen and oxygen atoms in total. The third-order valence-electron chi connectivity index (χ3n) is 7.38. The van der Waals surface area contributed by atoms with E-state index in [-0.39, 0.29) is 6.04 Å². The average molecular weight is 415 g/mol. The molecule has 3 aliphatic heterocycles. The minimum absolute atomic E-state index is 0.226. The van der Waals surface area contributed by atoms with E-state index in [1.807, 2.05) is 0 Å². The van der Waals surface area contributed by atoms with Crippen LogP contribution < -0.4 is 10.3 Å². The predicted octanol–water partition coefficient (Wildman–Crippen LogP) is 4.63. The molecule has 1 N–H and O–H groups in total. The van der Waals surface area contributed by atoms with E-state index in [9.17, 15) is 0 Å². The molecule has 2 atom stereocenters. The van der Waals surface area contributed by atoms with Gasteiger partial charge in [-0.1, -0.05) is 12.1 Å². The number of nitrogens with one attached hydrogen (secondary N) is 1. The van der Waals surface area contributed by atoms with E-state index in [0.29, 0.717) is 6.04 Å². The number of fused-ring (bicyclic) bond motifs is 3. The molecule has 0 spiro atoms. The van der Waals surface area contributed by atoms with Gasteiger partial charge in [0, 0.05) is 23.3 Å². The van der Waals surface area contributed by atoms with Crippen LogP contribution in [0.2, 0.25) is 0 Å². The molecule has 2 aromatic rings. The molecular formula is C25H30N6. The van der Waals surface area contributed by atoms with E-state index in [1.54, 1.807) is 6.33 Å². The van der Waals surface area contributed by atoms with E-state index in [4.69, 9.17) is 9.98 Å². The lowest BCUT2D eigenvalue weighted by atomic mass is 9.90. The maximum absolute atomic E-state index is 5.06. The molecule has 0 radical (unpaired) electrons. The summed E-state index contributed by atoms with van der Waals surface area (Å²) in [6.45, 7) is 5.44. The summed E-state index contributed by atoms with van der Waals surface area (Å²) < 4.78 is 0. The normalized spacial score (nSPS) is 26.0. The zero-order valence-electron chi connectivity index (χ0n) is 18.4. The topological polar surface area (TPSA) is 56.7 Å². The average Bonchev–Trinajstić information content (AvgIpc) is 3.23. The molecule has 1 aromatic heterocycles. The fourth-order valence-electron chi connectivity index (χ4n) is 5.79. The first-order chi connectivity index (χ1) is 15.2. The van der Waals surface area contributed by atoms with Crippen LogP contribution in [0.25, 0.3) is 10.9 Å². The number of aromatic nitrogens is 2. The second kappa shape index (κ2) is 7.45. The van der Waals surface area contributed by atoms with Crippen LogP contribution in [0.3, 0.4) is 0 Å². The van der Waals surface area contributed by atoms with Gasteiger partial charge in [0.1, 0.15) is 18.0 Å². The number of benzene rings is 1. The number of allylic oxidation sites excluding steroid dienone is 2. The molecule has 31 heavy (non-hydrogen) atoms. The number of rotatable bonds is 2. The van der Waals surface area contributed by atoms with Crippen LogP contribution in [-0.4, -0.2) is 39.3 Å². The number of hydrogen-bond acceptors (Lipinski definition) is 6. The minimum Gasteiger partial charge on any atom is -0.351 e. The van der Waals surface area contributed by atoms with Gasteiger partial charge in [0.15, 0.2) is 0 Å². The number of hydrazine groups is 1. The van der Waals surface area contributed by atoms with Crippen LogP contribution >= 0.6 is 0 Å². The third-order valence-corrected chi connectivity index (χ3v) is 7.38. The Morgan fingerprint density at radius 3 is 2.87 bits per heavy atom. The van der Waals surface area contributed by atoms with Gasteiger partial charge in [0.25, 0.3) is 0 Å². The molecular weight excluding hydrogens is 384 g/mol. The molecule has 160 valence electrons. The fourth-order valence-corrected chi connectivity index (χ4v) is 5.79. The molecule has 0 amide bonds. The van der Waals surface area contributed by atoms with Gasteiger partial charge in [-0.2, -0.15) is 0 Å². The molecule has 1 aliphatic carbocycles. The van der Waals surface area contributed by atoms with Gasteiger partial charge in [-0.15, -0.1) is 0 Å². The lowest BCUT2D eigenvalue weighted by molar-refractivity contribution is 0.273. The summed E-state index contributed by atoms with van der Waals surface area (Å²) in [5.41, 5.74) is 10.2. The van der Waals surface area contributed by atoms with Gasteiger partial charge in [-0.05, 0) is 82.1 Å². The van der Waals surface area contributed by atoms with E-state index >= 15 is 0 Å². The van der Waals surface area contributed by atoms with Gasteiger partial charge in [-0.3, -0.25) is 5.01 Å². The zero-order chi connectivity index (χ0) is 20.9. The fraction of sp³-hybridized carbons (Fsp3) is 0.480. The molecule has 1 unspecified atom stereocenters. The summed E-state index contributed by atoms with van der Waals surface area (Å²) in [6, 6.07) is 6.92. The lowest BCUT2D eigenvalue weighted by Gasteiger charge is -2.40. The molecule has 0 bridgehead atoms. The Bertz CT molecular complexity index is 1120. The van der Waals surface area contributed by atoms with Crippen molar-refractivity contribution in [3.05, 3.63) is 53.3 Å². The second-order valence-electron chi connectivity index (χ2n) is 9.27. The van der Waals surface area contributed by atoms with Gasteiger partial charge in [0.05, 0.1) is 17.6 Å². The van der Waals surface area contributed by atoms with Crippen LogP contribution in [0.1, 0.15) is 57.4 Å². The number of piperidine rings is 1. The SMILES string of the molecule is CC1=C2CCCCC2=NC2=CC([C@@H]3CCCCN3c3ncnc4cccc(C)c34)NN21. The molecule has 2 fully saturated rings. The van der Waals surface area contributed by atoms with Crippen molar-refractivity contribution in [1.29, 1.82) is 0 Å². The number of anilines is 1. The van der Waals surface area contributed by atoms with Crippen molar-refractivity contribution in [3.63, 3.8) is 0 Å². The van der Waals surface area contributed by atoms with Crippen LogP contribution in [0, 0.1) is 6.92 Å². The Hall–Kier alpha value is -2.73. The summed E-state index contributed by atoms with van der Waals surface area (Å²) in [4.78, 5) is 16.9. The highest BCUT2D eigenvalue weighted by Gasteiger charge is 2.38. The van der Waals surface area contributed by atoms with Crippen molar-refractivity contribution >= 4 is 22.4 Å².